The van der Waals surface area contributed by atoms with E-state index < -0.39 is 0 Å². The van der Waals surface area contributed by atoms with Gasteiger partial charge in [0.1, 0.15) is 6.10 Å². The van der Waals surface area contributed by atoms with E-state index in [0.717, 1.165) is 12.8 Å². The van der Waals surface area contributed by atoms with Gasteiger partial charge in [-0.15, -0.1) is 0 Å². The minimum Gasteiger partial charge on any atom is -0.462 e. The minimum absolute atomic E-state index is 0.138. The molecule has 1 aliphatic heterocycles. The number of nitrogens with one attached hydrogen (secondary N) is 1. The van der Waals surface area contributed by atoms with Crippen LogP contribution in [-0.4, -0.2) is 31.2 Å². The second kappa shape index (κ2) is 7.22. The van der Waals surface area contributed by atoms with Crippen LogP contribution in [0.5, 0.6) is 0 Å². The van der Waals surface area contributed by atoms with E-state index in [4.69, 9.17) is 9.47 Å². The summed E-state index contributed by atoms with van der Waals surface area (Å²) in [7, 11) is 0. The molecule has 1 amide bonds. The number of amides is 1. The standard InChI is InChI=1S/C16H21NO4/c1-3-9-21-16(19)12-4-6-13(7-5-12)17-15(18)14-11(2)8-10-20-14/h4-7,11,14H,3,8-10H2,1-2H3,(H,17,18). The van der Waals surface area contributed by atoms with Crippen LogP contribution in [-0.2, 0) is 14.3 Å². The highest BCUT2D eigenvalue weighted by molar-refractivity contribution is 5.95. The molecule has 1 aromatic carbocycles. The van der Waals surface area contributed by atoms with Crippen molar-refractivity contribution >= 4 is 17.6 Å². The van der Waals surface area contributed by atoms with Gasteiger partial charge >= 0.3 is 5.97 Å². The van der Waals surface area contributed by atoms with Gasteiger partial charge in [-0.05, 0) is 43.0 Å². The van der Waals surface area contributed by atoms with E-state index in [1.54, 1.807) is 24.3 Å². The van der Waals surface area contributed by atoms with Crippen LogP contribution in [0.1, 0.15) is 37.0 Å². The highest BCUT2D eigenvalue weighted by Crippen LogP contribution is 2.21. The summed E-state index contributed by atoms with van der Waals surface area (Å²) in [5, 5.41) is 2.81. The largest absolute Gasteiger partial charge is 0.462 e. The monoisotopic (exact) mass is 291 g/mol. The van der Waals surface area contributed by atoms with Crippen LogP contribution < -0.4 is 5.32 Å². The van der Waals surface area contributed by atoms with E-state index in [1.165, 1.54) is 0 Å². The topological polar surface area (TPSA) is 64.6 Å². The third-order valence-corrected chi connectivity index (χ3v) is 3.47. The summed E-state index contributed by atoms with van der Waals surface area (Å²) in [6, 6.07) is 6.68. The van der Waals surface area contributed by atoms with Crippen molar-refractivity contribution in [3.63, 3.8) is 0 Å². The van der Waals surface area contributed by atoms with Gasteiger partial charge in [-0.25, -0.2) is 4.79 Å². The van der Waals surface area contributed by atoms with E-state index in [-0.39, 0.29) is 23.9 Å². The van der Waals surface area contributed by atoms with Gasteiger partial charge in [-0.2, -0.15) is 0 Å². The highest BCUT2D eigenvalue weighted by Gasteiger charge is 2.30. The van der Waals surface area contributed by atoms with Crippen molar-refractivity contribution < 1.29 is 19.1 Å². The van der Waals surface area contributed by atoms with E-state index in [9.17, 15) is 9.59 Å². The number of carbonyl (C=O) groups is 2. The molecule has 2 atom stereocenters. The zero-order valence-electron chi connectivity index (χ0n) is 12.4. The van der Waals surface area contributed by atoms with Crippen molar-refractivity contribution in [3.8, 4) is 0 Å². The summed E-state index contributed by atoms with van der Waals surface area (Å²) in [6.07, 6.45) is 1.30. The van der Waals surface area contributed by atoms with Gasteiger partial charge in [0.15, 0.2) is 0 Å². The van der Waals surface area contributed by atoms with Crippen molar-refractivity contribution in [2.24, 2.45) is 5.92 Å². The van der Waals surface area contributed by atoms with Gasteiger partial charge in [0.25, 0.3) is 5.91 Å². The molecule has 21 heavy (non-hydrogen) atoms. The van der Waals surface area contributed by atoms with E-state index in [1.807, 2.05) is 13.8 Å². The molecule has 1 saturated heterocycles. The molecular weight excluding hydrogens is 270 g/mol. The van der Waals surface area contributed by atoms with Gasteiger partial charge in [0.05, 0.1) is 12.2 Å². The SMILES string of the molecule is CCCOC(=O)c1ccc(NC(=O)C2OCCC2C)cc1. The lowest BCUT2D eigenvalue weighted by atomic mass is 10.0. The summed E-state index contributed by atoms with van der Waals surface area (Å²) >= 11 is 0. The third kappa shape index (κ3) is 4.04. The van der Waals surface area contributed by atoms with Crippen LogP contribution in [0, 0.1) is 5.92 Å². The summed E-state index contributed by atoms with van der Waals surface area (Å²) in [5.74, 6) is -0.253. The third-order valence-electron chi connectivity index (χ3n) is 3.47. The fourth-order valence-electron chi connectivity index (χ4n) is 2.21. The predicted molar refractivity (Wildman–Crippen MR) is 79.2 cm³/mol. The Hall–Kier alpha value is -1.88. The quantitative estimate of drug-likeness (QED) is 0.847. The smallest absolute Gasteiger partial charge is 0.338 e. The van der Waals surface area contributed by atoms with Gasteiger partial charge in [-0.1, -0.05) is 13.8 Å². The molecule has 0 radical (unpaired) electrons. The van der Waals surface area contributed by atoms with Crippen molar-refractivity contribution in [3.05, 3.63) is 29.8 Å². The van der Waals surface area contributed by atoms with Gasteiger partial charge in [-0.3, -0.25) is 4.79 Å². The molecule has 1 aromatic rings. The van der Waals surface area contributed by atoms with Crippen molar-refractivity contribution in [1.29, 1.82) is 0 Å². The number of benzene rings is 1. The lowest BCUT2D eigenvalue weighted by molar-refractivity contribution is -0.126. The fourth-order valence-corrected chi connectivity index (χ4v) is 2.21. The van der Waals surface area contributed by atoms with Crippen LogP contribution in [0.4, 0.5) is 5.69 Å². The van der Waals surface area contributed by atoms with Crippen LogP contribution in [0.25, 0.3) is 0 Å². The first kappa shape index (κ1) is 15.5. The Morgan fingerprint density at radius 3 is 2.62 bits per heavy atom. The van der Waals surface area contributed by atoms with Crippen LogP contribution >= 0.6 is 0 Å². The maximum Gasteiger partial charge on any atom is 0.338 e. The van der Waals surface area contributed by atoms with Crippen molar-refractivity contribution in [1.82, 2.24) is 0 Å². The lowest BCUT2D eigenvalue weighted by Gasteiger charge is -2.14. The van der Waals surface area contributed by atoms with Crippen LogP contribution in [0.2, 0.25) is 0 Å². The average Bonchev–Trinajstić information content (AvgIpc) is 2.91. The summed E-state index contributed by atoms with van der Waals surface area (Å²) in [5.41, 5.74) is 1.13. The second-order valence-electron chi connectivity index (χ2n) is 5.26. The Morgan fingerprint density at radius 1 is 1.33 bits per heavy atom. The number of rotatable bonds is 5. The molecule has 0 aromatic heterocycles. The maximum absolute atomic E-state index is 12.1. The number of carbonyl (C=O) groups excluding carboxylic acids is 2. The van der Waals surface area contributed by atoms with E-state index >= 15 is 0 Å². The first-order chi connectivity index (χ1) is 10.1. The molecule has 0 spiro atoms. The Labute approximate surface area is 124 Å². The molecule has 2 unspecified atom stereocenters. The Balaban J connectivity index is 1.93. The van der Waals surface area contributed by atoms with Crippen LogP contribution in [0.15, 0.2) is 24.3 Å². The summed E-state index contributed by atoms with van der Waals surface area (Å²) < 4.78 is 10.5. The molecule has 1 heterocycles. The number of ether oxygens (including phenoxy) is 2. The molecule has 2 rings (SSSR count). The Bertz CT molecular complexity index is 498. The number of hydrogen-bond donors (Lipinski definition) is 1. The Morgan fingerprint density at radius 2 is 2.05 bits per heavy atom. The van der Waals surface area contributed by atoms with E-state index in [0.29, 0.717) is 24.5 Å². The second-order valence-corrected chi connectivity index (χ2v) is 5.26. The first-order valence-electron chi connectivity index (χ1n) is 7.31. The normalized spacial score (nSPS) is 21.0. The molecule has 114 valence electrons. The number of esters is 1. The summed E-state index contributed by atoms with van der Waals surface area (Å²) in [4.78, 5) is 23.7. The molecule has 5 heteroatoms. The predicted octanol–water partition coefficient (Wildman–Crippen LogP) is 2.62. The zero-order chi connectivity index (χ0) is 15.2. The maximum atomic E-state index is 12.1. The van der Waals surface area contributed by atoms with Gasteiger partial charge < -0.3 is 14.8 Å². The molecular formula is C16H21NO4. The highest BCUT2D eigenvalue weighted by atomic mass is 16.5. The Kier molecular flexibility index (Phi) is 5.33. The van der Waals surface area contributed by atoms with Crippen molar-refractivity contribution in [2.75, 3.05) is 18.5 Å². The van der Waals surface area contributed by atoms with Gasteiger partial charge in [0, 0.05) is 12.3 Å². The number of hydrogen-bond acceptors (Lipinski definition) is 4. The minimum atomic E-state index is -0.390. The molecule has 5 nitrogen and oxygen atoms in total. The summed E-state index contributed by atoms with van der Waals surface area (Å²) in [6.45, 7) is 4.98. The molecule has 0 saturated carbocycles. The first-order valence-corrected chi connectivity index (χ1v) is 7.31. The van der Waals surface area contributed by atoms with Crippen molar-refractivity contribution in [2.45, 2.75) is 32.8 Å². The zero-order valence-corrected chi connectivity index (χ0v) is 12.4. The fraction of sp³-hybridized carbons (Fsp3) is 0.500. The number of anilines is 1. The lowest BCUT2D eigenvalue weighted by Crippen LogP contribution is -2.31. The molecule has 1 aliphatic rings. The molecule has 1 N–H and O–H groups in total. The molecule has 1 fully saturated rings. The van der Waals surface area contributed by atoms with Gasteiger partial charge in [0.2, 0.25) is 0 Å². The van der Waals surface area contributed by atoms with E-state index in [2.05, 4.69) is 5.32 Å². The molecule has 0 aliphatic carbocycles. The molecule has 0 bridgehead atoms. The average molecular weight is 291 g/mol. The van der Waals surface area contributed by atoms with Crippen LogP contribution in [0.3, 0.4) is 0 Å².